The van der Waals surface area contributed by atoms with Gasteiger partial charge >= 0.3 is 0 Å². The summed E-state index contributed by atoms with van der Waals surface area (Å²) in [6.45, 7) is 1.99. The Kier molecular flexibility index (Phi) is 5.14. The summed E-state index contributed by atoms with van der Waals surface area (Å²) in [5.74, 6) is 1.67. The molecule has 0 aliphatic heterocycles. The second kappa shape index (κ2) is 7.67. The summed E-state index contributed by atoms with van der Waals surface area (Å²) < 4.78 is 11.4. The van der Waals surface area contributed by atoms with Crippen LogP contribution in [0.25, 0.3) is 11.1 Å². The van der Waals surface area contributed by atoms with Crippen LogP contribution in [-0.4, -0.2) is 12.9 Å². The number of hydrogen-bond donors (Lipinski definition) is 0. The summed E-state index contributed by atoms with van der Waals surface area (Å²) in [7, 11) is 1.66. The summed E-state index contributed by atoms with van der Waals surface area (Å²) in [6, 6.07) is 23.3. The number of ether oxygens (including phenoxy) is 2. The highest BCUT2D eigenvalue weighted by Gasteiger charge is 2.09. The zero-order valence-electron chi connectivity index (χ0n) is 14.4. The molecule has 0 amide bonds. The number of benzene rings is 3. The number of para-hydroxylation sites is 2. The van der Waals surface area contributed by atoms with Crippen LogP contribution in [0.1, 0.15) is 22.8 Å². The fourth-order valence-electron chi connectivity index (χ4n) is 2.69. The highest BCUT2D eigenvalue weighted by atomic mass is 16.5. The summed E-state index contributed by atoms with van der Waals surface area (Å²) in [6.07, 6.45) is 0. The lowest BCUT2D eigenvalue weighted by Crippen LogP contribution is -1.99. The van der Waals surface area contributed by atoms with E-state index in [4.69, 9.17) is 9.47 Å². The van der Waals surface area contributed by atoms with Gasteiger partial charge in [-0.05, 0) is 24.6 Å². The third-order valence-electron chi connectivity index (χ3n) is 4.07. The van der Waals surface area contributed by atoms with E-state index < -0.39 is 0 Å². The van der Waals surface area contributed by atoms with E-state index in [0.717, 1.165) is 28.2 Å². The van der Waals surface area contributed by atoms with Crippen molar-refractivity contribution in [2.75, 3.05) is 7.11 Å². The molecule has 3 aromatic carbocycles. The fraction of sp³-hybridized carbons (Fsp3) is 0.136. The third-order valence-corrected chi connectivity index (χ3v) is 4.07. The van der Waals surface area contributed by atoms with Crippen molar-refractivity contribution in [3.63, 3.8) is 0 Å². The highest BCUT2D eigenvalue weighted by molar-refractivity contribution is 5.94. The minimum atomic E-state index is 0.0623. The minimum Gasteiger partial charge on any atom is -0.496 e. The zero-order chi connectivity index (χ0) is 17.6. The molecule has 3 nitrogen and oxygen atoms in total. The second-order valence-corrected chi connectivity index (χ2v) is 5.73. The van der Waals surface area contributed by atoms with Crippen LogP contribution in [0.15, 0.2) is 72.8 Å². The maximum atomic E-state index is 11.4. The molecule has 0 aliphatic rings. The number of carbonyl (C=O) groups is 1. The first kappa shape index (κ1) is 16.8. The molecule has 0 aromatic heterocycles. The van der Waals surface area contributed by atoms with Crippen LogP contribution < -0.4 is 9.47 Å². The molecule has 0 saturated heterocycles. The lowest BCUT2D eigenvalue weighted by molar-refractivity contribution is 0.101. The third kappa shape index (κ3) is 3.89. The molecule has 3 rings (SSSR count). The van der Waals surface area contributed by atoms with Crippen molar-refractivity contribution >= 4 is 5.78 Å². The quantitative estimate of drug-likeness (QED) is 0.586. The monoisotopic (exact) mass is 332 g/mol. The van der Waals surface area contributed by atoms with Gasteiger partial charge in [-0.3, -0.25) is 4.79 Å². The average Bonchev–Trinajstić information content (AvgIpc) is 2.67. The van der Waals surface area contributed by atoms with Gasteiger partial charge in [-0.25, -0.2) is 0 Å². The SMILES string of the molecule is COc1ccccc1COc1ccccc1-c1ccc(C(C)=O)cc1. The Hall–Kier alpha value is -3.07. The van der Waals surface area contributed by atoms with Gasteiger partial charge in [-0.1, -0.05) is 60.7 Å². The average molecular weight is 332 g/mol. The Labute approximate surface area is 147 Å². The standard InChI is InChI=1S/C22H20O3/c1-16(23)17-11-13-18(14-12-17)20-8-4-6-10-22(20)25-15-19-7-3-5-9-21(19)24-2/h3-14H,15H2,1-2H3. The molecule has 0 aliphatic carbocycles. The number of carbonyl (C=O) groups excluding carboxylic acids is 1. The van der Waals surface area contributed by atoms with Crippen molar-refractivity contribution in [3.05, 3.63) is 83.9 Å². The van der Waals surface area contributed by atoms with Gasteiger partial charge in [0.05, 0.1) is 7.11 Å². The van der Waals surface area contributed by atoms with Crippen molar-refractivity contribution in [2.45, 2.75) is 13.5 Å². The molecule has 25 heavy (non-hydrogen) atoms. The summed E-state index contributed by atoms with van der Waals surface area (Å²) in [5, 5.41) is 0. The van der Waals surface area contributed by atoms with Crippen molar-refractivity contribution in [2.24, 2.45) is 0 Å². The molecular formula is C22H20O3. The molecule has 0 unspecified atom stereocenters. The Bertz CT molecular complexity index is 866. The minimum absolute atomic E-state index is 0.0623. The topological polar surface area (TPSA) is 35.5 Å². The predicted octanol–water partition coefficient (Wildman–Crippen LogP) is 5.14. The van der Waals surface area contributed by atoms with E-state index >= 15 is 0 Å². The number of Topliss-reactive ketones (excluding diaryl/α,β-unsaturated/α-hetero) is 1. The van der Waals surface area contributed by atoms with E-state index in [1.54, 1.807) is 14.0 Å². The Morgan fingerprint density at radius 2 is 1.48 bits per heavy atom. The predicted molar refractivity (Wildman–Crippen MR) is 99.2 cm³/mol. The maximum absolute atomic E-state index is 11.4. The van der Waals surface area contributed by atoms with Crippen molar-refractivity contribution in [3.8, 4) is 22.6 Å². The number of methoxy groups -OCH3 is 1. The molecule has 126 valence electrons. The maximum Gasteiger partial charge on any atom is 0.159 e. The number of ketones is 1. The fourth-order valence-corrected chi connectivity index (χ4v) is 2.69. The lowest BCUT2D eigenvalue weighted by atomic mass is 10.0. The highest BCUT2D eigenvalue weighted by Crippen LogP contribution is 2.31. The van der Waals surface area contributed by atoms with Crippen LogP contribution >= 0.6 is 0 Å². The van der Waals surface area contributed by atoms with E-state index in [-0.39, 0.29) is 5.78 Å². The van der Waals surface area contributed by atoms with Crippen LogP contribution in [0.3, 0.4) is 0 Å². The van der Waals surface area contributed by atoms with E-state index in [1.165, 1.54) is 0 Å². The van der Waals surface area contributed by atoms with Gasteiger partial charge in [0.2, 0.25) is 0 Å². The van der Waals surface area contributed by atoms with Gasteiger partial charge < -0.3 is 9.47 Å². The van der Waals surface area contributed by atoms with Gasteiger partial charge in [0.15, 0.2) is 5.78 Å². The van der Waals surface area contributed by atoms with Gasteiger partial charge in [-0.15, -0.1) is 0 Å². The normalized spacial score (nSPS) is 10.3. The molecule has 0 saturated carbocycles. The van der Waals surface area contributed by atoms with Crippen LogP contribution in [0.2, 0.25) is 0 Å². The van der Waals surface area contributed by atoms with E-state index in [2.05, 4.69) is 0 Å². The molecule has 0 heterocycles. The largest absolute Gasteiger partial charge is 0.496 e. The van der Waals surface area contributed by atoms with Crippen LogP contribution in [0, 0.1) is 0 Å². The van der Waals surface area contributed by atoms with Crippen LogP contribution in [-0.2, 0) is 6.61 Å². The van der Waals surface area contributed by atoms with E-state index in [0.29, 0.717) is 12.2 Å². The number of hydrogen-bond acceptors (Lipinski definition) is 3. The Morgan fingerprint density at radius 1 is 0.840 bits per heavy atom. The molecule has 0 N–H and O–H groups in total. The first-order chi connectivity index (χ1) is 12.2. The Balaban J connectivity index is 1.85. The molecule has 0 bridgehead atoms. The Morgan fingerprint density at radius 3 is 2.16 bits per heavy atom. The van der Waals surface area contributed by atoms with Crippen LogP contribution in [0.5, 0.6) is 11.5 Å². The van der Waals surface area contributed by atoms with Gasteiger partial charge in [0.1, 0.15) is 18.1 Å². The van der Waals surface area contributed by atoms with Gasteiger partial charge in [-0.2, -0.15) is 0 Å². The van der Waals surface area contributed by atoms with Crippen molar-refractivity contribution < 1.29 is 14.3 Å². The van der Waals surface area contributed by atoms with Gasteiger partial charge in [0, 0.05) is 16.7 Å². The molecule has 3 heteroatoms. The molecule has 0 spiro atoms. The summed E-state index contributed by atoms with van der Waals surface area (Å²) in [5.41, 5.74) is 3.70. The molecule has 3 aromatic rings. The first-order valence-electron chi connectivity index (χ1n) is 8.14. The number of rotatable bonds is 6. The first-order valence-corrected chi connectivity index (χ1v) is 8.14. The lowest BCUT2D eigenvalue weighted by Gasteiger charge is -2.13. The molecule has 0 atom stereocenters. The zero-order valence-corrected chi connectivity index (χ0v) is 14.4. The van der Waals surface area contributed by atoms with Crippen molar-refractivity contribution in [1.29, 1.82) is 0 Å². The summed E-state index contributed by atoms with van der Waals surface area (Å²) >= 11 is 0. The second-order valence-electron chi connectivity index (χ2n) is 5.73. The van der Waals surface area contributed by atoms with Gasteiger partial charge in [0.25, 0.3) is 0 Å². The van der Waals surface area contributed by atoms with E-state index in [1.807, 2.05) is 72.8 Å². The van der Waals surface area contributed by atoms with Crippen molar-refractivity contribution in [1.82, 2.24) is 0 Å². The molecular weight excluding hydrogens is 312 g/mol. The van der Waals surface area contributed by atoms with E-state index in [9.17, 15) is 4.79 Å². The van der Waals surface area contributed by atoms with Crippen LogP contribution in [0.4, 0.5) is 0 Å². The summed E-state index contributed by atoms with van der Waals surface area (Å²) in [4.78, 5) is 11.4. The molecule has 0 radical (unpaired) electrons. The molecule has 0 fully saturated rings. The smallest absolute Gasteiger partial charge is 0.159 e.